The smallest absolute Gasteiger partial charge is 0.410 e. The van der Waals surface area contributed by atoms with E-state index >= 15 is 0 Å². The lowest BCUT2D eigenvalue weighted by molar-refractivity contribution is 0.0866. The second-order valence-corrected chi connectivity index (χ2v) is 9.15. The highest BCUT2D eigenvalue weighted by molar-refractivity contribution is 5.79. The van der Waals surface area contributed by atoms with Crippen molar-refractivity contribution in [3.63, 3.8) is 0 Å². The lowest BCUT2D eigenvalue weighted by Gasteiger charge is -2.33. The fourth-order valence-corrected chi connectivity index (χ4v) is 5.82. The van der Waals surface area contributed by atoms with Crippen molar-refractivity contribution in [1.82, 2.24) is 4.90 Å². The Bertz CT molecular complexity index is 1270. The van der Waals surface area contributed by atoms with Gasteiger partial charge in [0.15, 0.2) is 0 Å². The zero-order valence-electron chi connectivity index (χ0n) is 18.3. The summed E-state index contributed by atoms with van der Waals surface area (Å²) in [6.45, 7) is 0.223. The number of fused-ring (bicyclic) bond motifs is 5. The molecule has 3 aromatic carbocycles. The van der Waals surface area contributed by atoms with Crippen LogP contribution >= 0.6 is 0 Å². The molecule has 0 aromatic heterocycles. The van der Waals surface area contributed by atoms with Crippen LogP contribution in [-0.4, -0.2) is 29.7 Å². The second-order valence-electron chi connectivity index (χ2n) is 9.15. The molecule has 0 spiro atoms. The summed E-state index contributed by atoms with van der Waals surface area (Å²) < 4.78 is 47.8. The largest absolute Gasteiger partial charge is 0.448 e. The van der Waals surface area contributed by atoms with E-state index in [4.69, 9.17) is 4.74 Å². The first-order chi connectivity index (χ1) is 16.5. The molecule has 0 saturated carbocycles. The Morgan fingerprint density at radius 1 is 0.912 bits per heavy atom. The molecule has 3 nitrogen and oxygen atoms in total. The van der Waals surface area contributed by atoms with Crippen LogP contribution in [0.1, 0.15) is 41.9 Å². The molecule has 0 radical (unpaired) electrons. The normalized spacial score (nSPS) is 20.7. The summed E-state index contributed by atoms with van der Waals surface area (Å²) in [4.78, 5) is 14.8. The van der Waals surface area contributed by atoms with Crippen LogP contribution in [-0.2, 0) is 4.74 Å². The average molecular weight is 461 g/mol. The zero-order chi connectivity index (χ0) is 23.4. The van der Waals surface area contributed by atoms with E-state index in [0.717, 1.165) is 28.7 Å². The van der Waals surface area contributed by atoms with Crippen LogP contribution in [0.25, 0.3) is 16.7 Å². The Hall–Kier alpha value is -3.54. The molecule has 2 bridgehead atoms. The number of benzene rings is 3. The number of ether oxygens (including phenoxy) is 1. The maximum atomic E-state index is 14.3. The quantitative estimate of drug-likeness (QED) is 0.436. The van der Waals surface area contributed by atoms with Crippen molar-refractivity contribution in [3.05, 3.63) is 101 Å². The van der Waals surface area contributed by atoms with Gasteiger partial charge in [-0.25, -0.2) is 18.0 Å². The summed E-state index contributed by atoms with van der Waals surface area (Å²) in [5.41, 5.74) is 4.88. The van der Waals surface area contributed by atoms with Crippen molar-refractivity contribution in [1.29, 1.82) is 0 Å². The molecule has 2 atom stereocenters. The maximum absolute atomic E-state index is 14.3. The van der Waals surface area contributed by atoms with Crippen LogP contribution in [0.3, 0.4) is 0 Å². The molecule has 2 unspecified atom stereocenters. The average Bonchev–Trinajstić information content (AvgIpc) is 3.28. The summed E-state index contributed by atoms with van der Waals surface area (Å²) >= 11 is 0. The first kappa shape index (κ1) is 21.0. The molecule has 3 aromatic rings. The van der Waals surface area contributed by atoms with E-state index in [1.165, 1.54) is 0 Å². The third kappa shape index (κ3) is 3.31. The fraction of sp³-hybridized carbons (Fsp3) is 0.250. The first-order valence-corrected chi connectivity index (χ1v) is 11.5. The number of nitrogens with zero attached hydrogens (tertiary/aromatic N) is 1. The summed E-state index contributed by atoms with van der Waals surface area (Å²) in [5, 5.41) is 0. The number of rotatable bonds is 3. The van der Waals surface area contributed by atoms with Crippen LogP contribution in [0, 0.1) is 17.5 Å². The second kappa shape index (κ2) is 8.05. The third-order valence-electron chi connectivity index (χ3n) is 7.27. The number of carbonyl (C=O) groups is 1. The first-order valence-electron chi connectivity index (χ1n) is 11.5. The molecule has 2 aliphatic heterocycles. The monoisotopic (exact) mass is 461 g/mol. The van der Waals surface area contributed by atoms with E-state index in [2.05, 4.69) is 24.3 Å². The van der Waals surface area contributed by atoms with Gasteiger partial charge in [-0.15, -0.1) is 0 Å². The van der Waals surface area contributed by atoms with Crippen LogP contribution < -0.4 is 0 Å². The molecule has 2 heterocycles. The van der Waals surface area contributed by atoms with Crippen molar-refractivity contribution in [2.24, 2.45) is 0 Å². The van der Waals surface area contributed by atoms with Crippen LogP contribution in [0.2, 0.25) is 0 Å². The van der Waals surface area contributed by atoms with Gasteiger partial charge < -0.3 is 4.74 Å². The minimum atomic E-state index is -0.946. The van der Waals surface area contributed by atoms with Crippen LogP contribution in [0.5, 0.6) is 0 Å². The molecule has 34 heavy (non-hydrogen) atoms. The topological polar surface area (TPSA) is 29.5 Å². The molecular formula is C28H22F3NO2. The summed E-state index contributed by atoms with van der Waals surface area (Å²) in [6.07, 6.45) is 3.04. The number of hydrogen-bond acceptors (Lipinski definition) is 2. The van der Waals surface area contributed by atoms with Gasteiger partial charge in [-0.1, -0.05) is 54.6 Å². The van der Waals surface area contributed by atoms with Crippen molar-refractivity contribution < 1.29 is 22.7 Å². The van der Waals surface area contributed by atoms with Gasteiger partial charge in [0.05, 0.1) is 6.04 Å². The predicted octanol–water partition coefficient (Wildman–Crippen LogP) is 6.67. The van der Waals surface area contributed by atoms with Crippen molar-refractivity contribution in [2.75, 3.05) is 6.61 Å². The molecule has 1 fully saturated rings. The van der Waals surface area contributed by atoms with Gasteiger partial charge >= 0.3 is 6.09 Å². The van der Waals surface area contributed by atoms with E-state index in [-0.39, 0.29) is 30.2 Å². The highest BCUT2D eigenvalue weighted by atomic mass is 19.1. The van der Waals surface area contributed by atoms with E-state index < -0.39 is 23.5 Å². The fourth-order valence-electron chi connectivity index (χ4n) is 5.82. The Labute approximate surface area is 195 Å². The van der Waals surface area contributed by atoms with Gasteiger partial charge in [0, 0.05) is 29.7 Å². The molecular weight excluding hydrogens is 439 g/mol. The third-order valence-corrected chi connectivity index (χ3v) is 7.27. The Morgan fingerprint density at radius 2 is 1.53 bits per heavy atom. The maximum Gasteiger partial charge on any atom is 0.410 e. The lowest BCUT2D eigenvalue weighted by atomic mass is 9.94. The number of amides is 1. The minimum absolute atomic E-state index is 0.0349. The Kier molecular flexibility index (Phi) is 4.97. The Morgan fingerprint density at radius 3 is 2.15 bits per heavy atom. The van der Waals surface area contributed by atoms with Crippen molar-refractivity contribution >= 4 is 11.7 Å². The highest BCUT2D eigenvalue weighted by Crippen LogP contribution is 2.45. The Balaban J connectivity index is 1.22. The molecule has 6 rings (SSSR count). The number of carbonyl (C=O) groups excluding carboxylic acids is 1. The van der Waals surface area contributed by atoms with Crippen molar-refractivity contribution in [3.8, 4) is 11.1 Å². The molecule has 1 aliphatic carbocycles. The number of hydrogen-bond donors (Lipinski definition) is 0. The highest BCUT2D eigenvalue weighted by Gasteiger charge is 2.42. The van der Waals surface area contributed by atoms with E-state index in [1.807, 2.05) is 24.3 Å². The predicted molar refractivity (Wildman–Crippen MR) is 123 cm³/mol. The molecule has 172 valence electrons. The lowest BCUT2D eigenvalue weighted by Crippen LogP contribution is -2.43. The standard InChI is InChI=1S/C28H22F3NO2/c29-17-13-25(30)27(26(31)14-17)16-11-18-9-10-19(12-16)32(18)28(33)34-15-24-22-7-3-1-5-20(22)21-6-2-4-8-23(21)24/h1-8,11,13-14,18-19,24H,9-10,12,15H2. The zero-order valence-corrected chi connectivity index (χ0v) is 18.3. The van der Waals surface area contributed by atoms with Gasteiger partial charge in [-0.05, 0) is 47.1 Å². The molecule has 0 N–H and O–H groups in total. The summed E-state index contributed by atoms with van der Waals surface area (Å²) in [6, 6.07) is 17.2. The molecule has 6 heteroatoms. The van der Waals surface area contributed by atoms with E-state index in [9.17, 15) is 18.0 Å². The van der Waals surface area contributed by atoms with Gasteiger partial charge in [-0.3, -0.25) is 4.90 Å². The summed E-state index contributed by atoms with van der Waals surface area (Å²) in [5.74, 6) is -2.82. The SMILES string of the molecule is O=C(OCC1c2ccccc2-c2ccccc21)N1C2C=C(c3c(F)cc(F)cc3F)CC1CC2. The van der Waals surface area contributed by atoms with Crippen molar-refractivity contribution in [2.45, 2.75) is 37.3 Å². The van der Waals surface area contributed by atoms with Crippen LogP contribution in [0.4, 0.5) is 18.0 Å². The van der Waals surface area contributed by atoms with Gasteiger partial charge in [0.2, 0.25) is 0 Å². The molecule has 1 amide bonds. The summed E-state index contributed by atoms with van der Waals surface area (Å²) in [7, 11) is 0. The van der Waals surface area contributed by atoms with E-state index in [1.54, 1.807) is 11.0 Å². The van der Waals surface area contributed by atoms with Crippen LogP contribution in [0.15, 0.2) is 66.7 Å². The van der Waals surface area contributed by atoms with Gasteiger partial charge in [0.25, 0.3) is 0 Å². The minimum Gasteiger partial charge on any atom is -0.448 e. The molecule has 3 aliphatic rings. The van der Waals surface area contributed by atoms with Gasteiger partial charge in [-0.2, -0.15) is 0 Å². The number of halogens is 3. The van der Waals surface area contributed by atoms with E-state index in [0.29, 0.717) is 30.5 Å². The molecule has 1 saturated heterocycles. The van der Waals surface area contributed by atoms with Gasteiger partial charge in [0.1, 0.15) is 24.1 Å².